The molecule has 1 aromatic heterocycles. The SMILES string of the molecule is CCCCC(CC)CNCCC(=O)N1C(=O)O[C@]1(Cc1cnc[nH]1)C(=O)O.Cl. The van der Waals surface area contributed by atoms with Crippen LogP contribution in [0.1, 0.15) is 51.6 Å². The van der Waals surface area contributed by atoms with Gasteiger partial charge in [0.05, 0.1) is 12.7 Å². The molecule has 0 bridgehead atoms. The Labute approximate surface area is 170 Å². The van der Waals surface area contributed by atoms with Crippen LogP contribution >= 0.6 is 12.4 Å². The lowest BCUT2D eigenvalue weighted by Crippen LogP contribution is -2.72. The van der Waals surface area contributed by atoms with Crippen LogP contribution in [0.15, 0.2) is 12.5 Å². The standard InChI is InChI=1S/C18H28N4O5.ClH/c1-3-5-6-13(4-2)10-19-8-7-15(23)22-17(26)27-18(22,16(24)25)9-14-11-20-12-21-14;/h11-13,19H,3-10H2,1-2H3,(H,20,21)(H,24,25);1H/t13?,18-;/m1./s1. The van der Waals surface area contributed by atoms with Crippen molar-refractivity contribution in [3.8, 4) is 0 Å². The second-order valence-corrected chi connectivity index (χ2v) is 6.81. The van der Waals surface area contributed by atoms with Gasteiger partial charge in [-0.1, -0.05) is 33.1 Å². The summed E-state index contributed by atoms with van der Waals surface area (Å²) in [6, 6.07) is 0. The molecule has 1 aromatic rings. The molecule has 0 radical (unpaired) electrons. The average Bonchev–Trinajstić information content (AvgIpc) is 3.13. The molecule has 9 nitrogen and oxygen atoms in total. The maximum atomic E-state index is 12.5. The Morgan fingerprint density at radius 2 is 2.18 bits per heavy atom. The summed E-state index contributed by atoms with van der Waals surface area (Å²) in [6.45, 7) is 5.47. The molecule has 0 aromatic carbocycles. The fourth-order valence-electron chi connectivity index (χ4n) is 3.17. The van der Waals surface area contributed by atoms with Gasteiger partial charge in [-0.3, -0.25) is 4.79 Å². The Bertz CT molecular complexity index is 654. The monoisotopic (exact) mass is 416 g/mol. The predicted molar refractivity (Wildman–Crippen MR) is 104 cm³/mol. The summed E-state index contributed by atoms with van der Waals surface area (Å²) in [5.41, 5.74) is -1.55. The molecule has 10 heteroatoms. The summed E-state index contributed by atoms with van der Waals surface area (Å²) in [4.78, 5) is 43.3. The zero-order valence-corrected chi connectivity index (χ0v) is 17.1. The van der Waals surface area contributed by atoms with Crippen LogP contribution in [0.2, 0.25) is 0 Å². The number of carboxylic acid groups (broad SMARTS) is 1. The van der Waals surface area contributed by atoms with Gasteiger partial charge in [-0.25, -0.2) is 14.6 Å². The number of aromatic nitrogens is 2. The van der Waals surface area contributed by atoms with Gasteiger partial charge in [0.2, 0.25) is 5.91 Å². The number of halogens is 1. The molecule has 1 fully saturated rings. The van der Waals surface area contributed by atoms with Crippen molar-refractivity contribution in [1.82, 2.24) is 20.2 Å². The van der Waals surface area contributed by atoms with Crippen molar-refractivity contribution in [1.29, 1.82) is 0 Å². The van der Waals surface area contributed by atoms with Crippen LogP contribution in [0.4, 0.5) is 4.79 Å². The van der Waals surface area contributed by atoms with E-state index in [1.54, 1.807) is 0 Å². The van der Waals surface area contributed by atoms with Gasteiger partial charge in [0.1, 0.15) is 0 Å². The highest BCUT2D eigenvalue weighted by Gasteiger charge is 2.63. The van der Waals surface area contributed by atoms with Crippen LogP contribution in [0.25, 0.3) is 0 Å². The molecule has 158 valence electrons. The average molecular weight is 417 g/mol. The molecule has 1 unspecified atom stereocenters. The van der Waals surface area contributed by atoms with Gasteiger partial charge in [-0.2, -0.15) is 4.90 Å². The van der Waals surface area contributed by atoms with Gasteiger partial charge in [-0.15, -0.1) is 12.4 Å². The van der Waals surface area contributed by atoms with Crippen molar-refractivity contribution in [2.24, 2.45) is 5.92 Å². The van der Waals surface area contributed by atoms with Crippen molar-refractivity contribution >= 4 is 30.4 Å². The quantitative estimate of drug-likeness (QED) is 0.446. The number of rotatable bonds is 12. The summed E-state index contributed by atoms with van der Waals surface area (Å²) >= 11 is 0. The topological polar surface area (TPSA) is 125 Å². The van der Waals surface area contributed by atoms with Crippen molar-refractivity contribution in [3.05, 3.63) is 18.2 Å². The van der Waals surface area contributed by atoms with Gasteiger partial charge >= 0.3 is 17.8 Å². The van der Waals surface area contributed by atoms with E-state index in [0.29, 0.717) is 23.1 Å². The van der Waals surface area contributed by atoms with Crippen LogP contribution in [-0.2, 0) is 20.7 Å². The Kier molecular flexibility index (Phi) is 9.40. The van der Waals surface area contributed by atoms with E-state index in [1.807, 2.05) is 0 Å². The molecule has 3 N–H and O–H groups in total. The maximum Gasteiger partial charge on any atom is 0.422 e. The maximum absolute atomic E-state index is 12.5. The molecule has 28 heavy (non-hydrogen) atoms. The zero-order valence-electron chi connectivity index (χ0n) is 16.3. The number of aromatic amines is 1. The highest BCUT2D eigenvalue weighted by Crippen LogP contribution is 2.33. The number of amides is 2. The van der Waals surface area contributed by atoms with E-state index < -0.39 is 23.7 Å². The first kappa shape index (κ1) is 23.9. The summed E-state index contributed by atoms with van der Waals surface area (Å²) in [6.07, 6.45) is 6.26. The largest absolute Gasteiger partial charge is 0.477 e. The number of unbranched alkanes of at least 4 members (excludes halogenated alkanes) is 1. The molecule has 2 rings (SSSR count). The number of hydrogen-bond acceptors (Lipinski definition) is 6. The number of nitrogens with zero attached hydrogens (tertiary/aromatic N) is 2. The Hall–Kier alpha value is -2.13. The summed E-state index contributed by atoms with van der Waals surface area (Å²) < 4.78 is 4.90. The second kappa shape index (κ2) is 11.0. The molecule has 2 amide bonds. The minimum Gasteiger partial charge on any atom is -0.477 e. The predicted octanol–water partition coefficient (Wildman–Crippen LogP) is 2.33. The Morgan fingerprint density at radius 3 is 2.71 bits per heavy atom. The number of carbonyl (C=O) groups is 3. The van der Waals surface area contributed by atoms with Gasteiger partial charge < -0.3 is 20.1 Å². The minimum atomic E-state index is -2.01. The number of cyclic esters (lactones) is 1. The minimum absolute atomic E-state index is 0. The van der Waals surface area contributed by atoms with Crippen molar-refractivity contribution < 1.29 is 24.2 Å². The van der Waals surface area contributed by atoms with Gasteiger partial charge in [0.25, 0.3) is 0 Å². The first-order valence-corrected chi connectivity index (χ1v) is 9.42. The molecule has 2 heterocycles. The molecule has 1 saturated heterocycles. The lowest BCUT2D eigenvalue weighted by Gasteiger charge is -2.45. The number of imide groups is 1. The number of imidazole rings is 1. The van der Waals surface area contributed by atoms with E-state index in [4.69, 9.17) is 4.74 Å². The number of carboxylic acids is 1. The molecular formula is C18H29ClN4O5. The summed E-state index contributed by atoms with van der Waals surface area (Å²) in [5, 5.41) is 12.8. The van der Waals surface area contributed by atoms with Crippen LogP contribution in [0, 0.1) is 5.92 Å². The fourth-order valence-corrected chi connectivity index (χ4v) is 3.17. The molecule has 0 spiro atoms. The first-order chi connectivity index (χ1) is 12.9. The lowest BCUT2D eigenvalue weighted by molar-refractivity contribution is -0.214. The zero-order chi connectivity index (χ0) is 19.9. The third-order valence-electron chi connectivity index (χ3n) is 4.86. The fraction of sp³-hybridized carbons (Fsp3) is 0.667. The molecule has 0 aliphatic carbocycles. The highest BCUT2D eigenvalue weighted by atomic mass is 35.5. The second-order valence-electron chi connectivity index (χ2n) is 6.81. The number of ether oxygens (including phenoxy) is 1. The molecule has 1 aliphatic rings. The van der Waals surface area contributed by atoms with Crippen molar-refractivity contribution in [2.45, 2.75) is 58.1 Å². The van der Waals surface area contributed by atoms with E-state index in [1.165, 1.54) is 18.9 Å². The van der Waals surface area contributed by atoms with E-state index in [-0.39, 0.29) is 25.2 Å². The van der Waals surface area contributed by atoms with Gasteiger partial charge in [0, 0.05) is 24.9 Å². The highest BCUT2D eigenvalue weighted by molar-refractivity contribution is 6.03. The van der Waals surface area contributed by atoms with Crippen LogP contribution in [0.3, 0.4) is 0 Å². The van der Waals surface area contributed by atoms with E-state index in [9.17, 15) is 19.5 Å². The molecule has 1 aliphatic heterocycles. The summed E-state index contributed by atoms with van der Waals surface area (Å²) in [5.74, 6) is -1.40. The third kappa shape index (κ3) is 5.45. The van der Waals surface area contributed by atoms with Crippen LogP contribution in [-0.4, -0.2) is 56.8 Å². The van der Waals surface area contributed by atoms with Gasteiger partial charge in [-0.05, 0) is 18.9 Å². The molecule has 2 atom stereocenters. The van der Waals surface area contributed by atoms with Gasteiger partial charge in [0.15, 0.2) is 0 Å². The normalized spacial score (nSPS) is 19.4. The van der Waals surface area contributed by atoms with Crippen molar-refractivity contribution in [3.63, 3.8) is 0 Å². The lowest BCUT2D eigenvalue weighted by atomic mass is 9.99. The Balaban J connectivity index is 0.00000392. The van der Waals surface area contributed by atoms with Crippen LogP contribution < -0.4 is 5.32 Å². The molecular weight excluding hydrogens is 388 g/mol. The van der Waals surface area contributed by atoms with E-state index >= 15 is 0 Å². The first-order valence-electron chi connectivity index (χ1n) is 9.42. The summed E-state index contributed by atoms with van der Waals surface area (Å²) in [7, 11) is 0. The number of nitrogens with one attached hydrogen (secondary N) is 2. The van der Waals surface area contributed by atoms with E-state index in [2.05, 4.69) is 29.1 Å². The van der Waals surface area contributed by atoms with E-state index in [0.717, 1.165) is 25.8 Å². The molecule has 0 saturated carbocycles. The number of H-pyrrole nitrogens is 1. The number of hydrogen-bond donors (Lipinski definition) is 3. The van der Waals surface area contributed by atoms with Crippen molar-refractivity contribution in [2.75, 3.05) is 13.1 Å². The smallest absolute Gasteiger partial charge is 0.422 e. The third-order valence-corrected chi connectivity index (χ3v) is 4.86. The Morgan fingerprint density at radius 1 is 1.43 bits per heavy atom. The number of aliphatic carboxylic acids is 1. The van der Waals surface area contributed by atoms with Crippen LogP contribution in [0.5, 0.6) is 0 Å². The number of carbonyl (C=O) groups excluding carboxylic acids is 2.